The van der Waals surface area contributed by atoms with Crippen LogP contribution in [0.4, 0.5) is 14.7 Å². The molecule has 12 heteroatoms. The van der Waals surface area contributed by atoms with Crippen LogP contribution >= 0.6 is 11.6 Å². The number of nitrogens with one attached hydrogen (secondary N) is 1. The number of imidazole rings is 1. The Hall–Kier alpha value is -3.34. The lowest BCUT2D eigenvalue weighted by molar-refractivity contribution is 0.116. The number of aromatic amines is 1. The number of hydrogen-bond acceptors (Lipinski definition) is 7. The highest BCUT2D eigenvalue weighted by Crippen LogP contribution is 2.39. The Balaban J connectivity index is 1.58. The molecule has 0 aromatic carbocycles. The van der Waals surface area contributed by atoms with E-state index in [1.807, 2.05) is 0 Å². The largest absolute Gasteiger partial charge is 0.439 e. The van der Waals surface area contributed by atoms with Crippen LogP contribution in [0.3, 0.4) is 0 Å². The third-order valence-electron chi connectivity index (χ3n) is 7.79. The van der Waals surface area contributed by atoms with Crippen molar-refractivity contribution < 1.29 is 13.3 Å². The summed E-state index contributed by atoms with van der Waals surface area (Å²) in [6.45, 7) is 3.43. The molecule has 1 N–H and O–H groups in total. The number of H-pyrrole nitrogens is 1. The van der Waals surface area contributed by atoms with Gasteiger partial charge in [-0.25, -0.2) is 23.5 Å². The maximum Gasteiger partial charge on any atom is 0.439 e. The van der Waals surface area contributed by atoms with Gasteiger partial charge in [0.2, 0.25) is 11.8 Å². The number of halogens is 3. The van der Waals surface area contributed by atoms with E-state index in [4.69, 9.17) is 26.1 Å². The minimum Gasteiger partial charge on any atom is -0.333 e. The van der Waals surface area contributed by atoms with Crippen LogP contribution in [0.1, 0.15) is 45.4 Å². The van der Waals surface area contributed by atoms with Crippen molar-refractivity contribution >= 4 is 28.6 Å². The minimum atomic E-state index is -2.48. The molecule has 5 heterocycles. The number of nitrogens with zero attached hydrogens (tertiary/aromatic N) is 6. The second-order valence-corrected chi connectivity index (χ2v) is 10.9. The molecule has 4 aromatic rings. The predicted molar refractivity (Wildman–Crippen MR) is 139 cm³/mol. The summed E-state index contributed by atoms with van der Waals surface area (Å²) in [4.78, 5) is 29.9. The lowest BCUT2D eigenvalue weighted by Crippen LogP contribution is -2.37. The first-order chi connectivity index (χ1) is 18.4. The van der Waals surface area contributed by atoms with Crippen molar-refractivity contribution in [2.75, 3.05) is 11.4 Å². The van der Waals surface area contributed by atoms with Gasteiger partial charge in [0.1, 0.15) is 5.69 Å². The number of anilines is 1. The zero-order chi connectivity index (χ0) is 26.4. The average Bonchev–Trinajstić information content (AvgIpc) is 3.63. The van der Waals surface area contributed by atoms with E-state index < -0.39 is 18.2 Å². The molecule has 200 valence electrons. The first kappa shape index (κ1) is 25.0. The van der Waals surface area contributed by atoms with Gasteiger partial charge in [0.25, 0.3) is 6.43 Å². The Kier molecular flexibility index (Phi) is 6.63. The van der Waals surface area contributed by atoms with Crippen LogP contribution in [0.25, 0.3) is 33.8 Å². The van der Waals surface area contributed by atoms with Crippen LogP contribution in [0.15, 0.2) is 33.8 Å². The molecule has 38 heavy (non-hydrogen) atoms. The van der Waals surface area contributed by atoms with E-state index in [-0.39, 0.29) is 5.82 Å². The molecule has 0 unspecified atom stereocenters. The van der Waals surface area contributed by atoms with Crippen LogP contribution in [0.2, 0.25) is 5.02 Å². The molecule has 1 saturated heterocycles. The van der Waals surface area contributed by atoms with E-state index in [9.17, 15) is 13.6 Å². The number of alkyl halides is 2. The van der Waals surface area contributed by atoms with Gasteiger partial charge < -0.3 is 9.47 Å². The Labute approximate surface area is 222 Å². The minimum absolute atomic E-state index is 0.150. The summed E-state index contributed by atoms with van der Waals surface area (Å²) in [5.41, 5.74) is 2.80. The average molecular weight is 544 g/mol. The predicted octanol–water partition coefficient (Wildman–Crippen LogP) is 5.55. The fourth-order valence-electron chi connectivity index (χ4n) is 5.81. The molecule has 6 rings (SSSR count). The van der Waals surface area contributed by atoms with Gasteiger partial charge in [-0.1, -0.05) is 36.5 Å². The van der Waals surface area contributed by atoms with Gasteiger partial charge in [-0.15, -0.1) is 0 Å². The highest BCUT2D eigenvalue weighted by Gasteiger charge is 2.36. The maximum absolute atomic E-state index is 14.1. The number of pyridine rings is 2. The lowest BCUT2D eigenvalue weighted by atomic mass is 9.83. The Bertz CT molecular complexity index is 1510. The molecular weight excluding hydrogens is 516 g/mol. The molecule has 1 saturated carbocycles. The van der Waals surface area contributed by atoms with Crippen LogP contribution < -0.4 is 10.7 Å². The summed E-state index contributed by atoms with van der Waals surface area (Å²) in [7, 11) is 0. The first-order valence-electron chi connectivity index (χ1n) is 13.0. The molecule has 9 nitrogen and oxygen atoms in total. The molecule has 0 spiro atoms. The highest BCUT2D eigenvalue weighted by atomic mass is 35.5. The fourth-order valence-corrected chi connectivity index (χ4v) is 5.99. The van der Waals surface area contributed by atoms with Gasteiger partial charge in [-0.2, -0.15) is 0 Å². The third kappa shape index (κ3) is 4.68. The SMILES string of the molecule is C[C@H]1CC[C@H](Cn2c(N3CCC[C@H]3C(F)F)nc3cc(-c4noc(=O)[nH]4)nc(-c4cncc(Cl)c4)c32)CC1. The zero-order valence-corrected chi connectivity index (χ0v) is 21.7. The summed E-state index contributed by atoms with van der Waals surface area (Å²) in [5, 5.41) is 4.23. The monoisotopic (exact) mass is 543 g/mol. The molecule has 1 aliphatic heterocycles. The lowest BCUT2D eigenvalue weighted by Gasteiger charge is -2.30. The molecule has 0 radical (unpaired) electrons. The topological polar surface area (TPSA) is 106 Å². The van der Waals surface area contributed by atoms with Crippen molar-refractivity contribution in [1.82, 2.24) is 29.7 Å². The van der Waals surface area contributed by atoms with Crippen LogP contribution in [-0.2, 0) is 6.54 Å². The van der Waals surface area contributed by atoms with Crippen molar-refractivity contribution in [3.63, 3.8) is 0 Å². The van der Waals surface area contributed by atoms with Crippen molar-refractivity contribution in [2.24, 2.45) is 11.8 Å². The maximum atomic E-state index is 14.1. The van der Waals surface area contributed by atoms with Gasteiger partial charge >= 0.3 is 5.76 Å². The third-order valence-corrected chi connectivity index (χ3v) is 8.00. The highest BCUT2D eigenvalue weighted by molar-refractivity contribution is 6.30. The summed E-state index contributed by atoms with van der Waals surface area (Å²) in [6, 6.07) is 2.57. The first-order valence-corrected chi connectivity index (χ1v) is 13.4. The molecule has 1 aliphatic carbocycles. The van der Waals surface area contributed by atoms with E-state index in [0.717, 1.165) is 31.2 Å². The van der Waals surface area contributed by atoms with Gasteiger partial charge in [0.05, 0.1) is 27.8 Å². The van der Waals surface area contributed by atoms with E-state index >= 15 is 0 Å². The number of hydrogen-bond donors (Lipinski definition) is 1. The molecule has 4 aromatic heterocycles. The summed E-state index contributed by atoms with van der Waals surface area (Å²) in [6.07, 6.45) is 6.21. The van der Waals surface area contributed by atoms with Crippen LogP contribution in [0.5, 0.6) is 0 Å². The fraction of sp³-hybridized carbons (Fsp3) is 0.500. The normalized spacial score (nSPS) is 22.1. The van der Waals surface area contributed by atoms with Crippen molar-refractivity contribution in [3.05, 3.63) is 40.1 Å². The smallest absolute Gasteiger partial charge is 0.333 e. The van der Waals surface area contributed by atoms with Gasteiger partial charge in [-0.05, 0) is 49.7 Å². The molecule has 2 aliphatic rings. The Morgan fingerprint density at radius 2 is 1.97 bits per heavy atom. The summed E-state index contributed by atoms with van der Waals surface area (Å²) in [5.74, 6) is 1.05. The van der Waals surface area contributed by atoms with Crippen LogP contribution in [-0.4, -0.2) is 48.7 Å². The molecule has 1 atom stereocenters. The van der Waals surface area contributed by atoms with E-state index in [1.165, 1.54) is 6.20 Å². The number of rotatable bonds is 6. The van der Waals surface area contributed by atoms with Gasteiger partial charge in [0, 0.05) is 31.0 Å². The number of aromatic nitrogens is 6. The van der Waals surface area contributed by atoms with E-state index in [2.05, 4.69) is 26.6 Å². The standard InChI is InChI=1S/C26H28ClF2N7O2/c1-14-4-6-15(7-5-14)13-36-22-18(32-25(36)35-8-2-3-20(35)23(28)29)10-19(24-33-26(37)38-34-24)31-21(22)16-9-17(27)12-30-11-16/h9-12,14-15,20,23H,2-8,13H2,1H3,(H,33,34,37)/t14-,15-,20-/m0/s1. The van der Waals surface area contributed by atoms with Crippen molar-refractivity contribution in [2.45, 2.75) is 64.5 Å². The molecular formula is C26H28ClF2N7O2. The Morgan fingerprint density at radius 1 is 1.16 bits per heavy atom. The van der Waals surface area contributed by atoms with Crippen molar-refractivity contribution in [3.8, 4) is 22.8 Å². The van der Waals surface area contributed by atoms with E-state index in [0.29, 0.717) is 71.2 Å². The summed E-state index contributed by atoms with van der Waals surface area (Å²) >= 11 is 6.30. The Morgan fingerprint density at radius 3 is 2.68 bits per heavy atom. The summed E-state index contributed by atoms with van der Waals surface area (Å²) < 4.78 is 34.9. The second-order valence-electron chi connectivity index (χ2n) is 10.4. The van der Waals surface area contributed by atoms with E-state index in [1.54, 1.807) is 23.2 Å². The quantitative estimate of drug-likeness (QED) is 0.340. The van der Waals surface area contributed by atoms with Crippen LogP contribution in [0, 0.1) is 11.8 Å². The second kappa shape index (κ2) is 10.1. The molecule has 2 fully saturated rings. The molecule has 0 bridgehead atoms. The zero-order valence-electron chi connectivity index (χ0n) is 20.9. The number of fused-ring (bicyclic) bond motifs is 1. The van der Waals surface area contributed by atoms with Gasteiger partial charge in [0.15, 0.2) is 0 Å². The van der Waals surface area contributed by atoms with Crippen molar-refractivity contribution in [1.29, 1.82) is 0 Å². The van der Waals surface area contributed by atoms with Gasteiger partial charge in [-0.3, -0.25) is 14.5 Å². The molecule has 0 amide bonds.